The number of nitrogens with zero attached hydrogens (tertiary/aromatic N) is 2. The summed E-state index contributed by atoms with van der Waals surface area (Å²) >= 11 is 0. The highest BCUT2D eigenvalue weighted by molar-refractivity contribution is 5.96. The van der Waals surface area contributed by atoms with Crippen molar-refractivity contribution in [2.24, 2.45) is 5.92 Å². The van der Waals surface area contributed by atoms with Gasteiger partial charge in [-0.1, -0.05) is 19.0 Å². The number of hydrogen-bond donors (Lipinski definition) is 2. The third kappa shape index (κ3) is 3.96. The predicted octanol–water partition coefficient (Wildman–Crippen LogP) is 1.75. The second-order valence-electron chi connectivity index (χ2n) is 5.74. The Hall–Kier alpha value is -2.05. The van der Waals surface area contributed by atoms with E-state index in [1.54, 1.807) is 17.9 Å². The number of carbonyl (C=O) groups excluding carboxylic acids is 2. The number of rotatable bonds is 4. The number of amides is 3. The molecule has 116 valence electrons. The maximum absolute atomic E-state index is 12.3. The van der Waals surface area contributed by atoms with Gasteiger partial charge < -0.3 is 20.1 Å². The molecule has 1 aliphatic heterocycles. The molecule has 2 rings (SSSR count). The summed E-state index contributed by atoms with van der Waals surface area (Å²) in [7, 11) is 0. The SMILES string of the molecule is Cc1cc(NC(=O)C2CCCN2C(=O)NCC(C)C)no1. The van der Waals surface area contributed by atoms with Gasteiger partial charge in [0.1, 0.15) is 11.8 Å². The minimum Gasteiger partial charge on any atom is -0.360 e. The van der Waals surface area contributed by atoms with Gasteiger partial charge in [-0.2, -0.15) is 0 Å². The second kappa shape index (κ2) is 6.60. The van der Waals surface area contributed by atoms with Crippen LogP contribution in [0.2, 0.25) is 0 Å². The van der Waals surface area contributed by atoms with E-state index in [0.717, 1.165) is 6.42 Å². The molecular formula is C14H22N4O3. The van der Waals surface area contributed by atoms with E-state index in [-0.39, 0.29) is 11.9 Å². The molecule has 0 aromatic carbocycles. The predicted molar refractivity (Wildman–Crippen MR) is 77.8 cm³/mol. The van der Waals surface area contributed by atoms with Crippen molar-refractivity contribution in [3.05, 3.63) is 11.8 Å². The molecule has 3 amide bonds. The molecule has 7 nitrogen and oxygen atoms in total. The normalized spacial score (nSPS) is 18.1. The van der Waals surface area contributed by atoms with Crippen molar-refractivity contribution in [3.63, 3.8) is 0 Å². The smallest absolute Gasteiger partial charge is 0.318 e. The number of carbonyl (C=O) groups is 2. The van der Waals surface area contributed by atoms with E-state index in [1.165, 1.54) is 0 Å². The number of hydrogen-bond acceptors (Lipinski definition) is 4. The van der Waals surface area contributed by atoms with E-state index in [4.69, 9.17) is 4.52 Å². The molecule has 7 heteroatoms. The quantitative estimate of drug-likeness (QED) is 0.885. The Morgan fingerprint density at radius 1 is 1.52 bits per heavy atom. The van der Waals surface area contributed by atoms with Gasteiger partial charge in [0.15, 0.2) is 5.82 Å². The summed E-state index contributed by atoms with van der Waals surface area (Å²) in [5.41, 5.74) is 0. The Balaban J connectivity index is 1.94. The fourth-order valence-electron chi connectivity index (χ4n) is 2.31. The summed E-state index contributed by atoms with van der Waals surface area (Å²) in [5.74, 6) is 1.16. The Labute approximate surface area is 124 Å². The van der Waals surface area contributed by atoms with Crippen LogP contribution >= 0.6 is 0 Å². The van der Waals surface area contributed by atoms with Gasteiger partial charge in [0, 0.05) is 19.2 Å². The lowest BCUT2D eigenvalue weighted by atomic mass is 10.2. The van der Waals surface area contributed by atoms with Crippen LogP contribution in [0.15, 0.2) is 10.6 Å². The summed E-state index contributed by atoms with van der Waals surface area (Å²) in [6, 6.07) is 1.02. The highest BCUT2D eigenvalue weighted by atomic mass is 16.5. The lowest BCUT2D eigenvalue weighted by Crippen LogP contribution is -2.48. The lowest BCUT2D eigenvalue weighted by Gasteiger charge is -2.24. The molecule has 0 radical (unpaired) electrons. The first-order valence-electron chi connectivity index (χ1n) is 7.26. The van der Waals surface area contributed by atoms with Gasteiger partial charge in [0.25, 0.3) is 0 Å². The van der Waals surface area contributed by atoms with Crippen molar-refractivity contribution in [2.45, 2.75) is 39.7 Å². The molecule has 1 saturated heterocycles. The second-order valence-corrected chi connectivity index (χ2v) is 5.74. The molecule has 1 aliphatic rings. The van der Waals surface area contributed by atoms with Crippen molar-refractivity contribution < 1.29 is 14.1 Å². The number of aromatic nitrogens is 1. The van der Waals surface area contributed by atoms with Crippen LogP contribution in [0.25, 0.3) is 0 Å². The highest BCUT2D eigenvalue weighted by Gasteiger charge is 2.34. The number of urea groups is 1. The largest absolute Gasteiger partial charge is 0.360 e. The van der Waals surface area contributed by atoms with E-state index >= 15 is 0 Å². The third-order valence-electron chi connectivity index (χ3n) is 3.36. The van der Waals surface area contributed by atoms with Gasteiger partial charge in [-0.05, 0) is 25.7 Å². The Morgan fingerprint density at radius 2 is 2.29 bits per heavy atom. The average molecular weight is 294 g/mol. The van der Waals surface area contributed by atoms with Crippen LogP contribution in [-0.4, -0.2) is 41.1 Å². The van der Waals surface area contributed by atoms with Crippen molar-refractivity contribution in [1.29, 1.82) is 0 Å². The fraction of sp³-hybridized carbons (Fsp3) is 0.643. The summed E-state index contributed by atoms with van der Waals surface area (Å²) in [6.07, 6.45) is 1.49. The first-order chi connectivity index (χ1) is 9.97. The van der Waals surface area contributed by atoms with Gasteiger partial charge in [-0.15, -0.1) is 0 Å². The molecule has 21 heavy (non-hydrogen) atoms. The molecule has 1 aromatic heterocycles. The summed E-state index contributed by atoms with van der Waals surface area (Å²) in [5, 5.41) is 9.27. The molecule has 0 saturated carbocycles. The molecule has 0 spiro atoms. The standard InChI is InChI=1S/C14H22N4O3/c1-9(2)8-15-14(20)18-6-4-5-11(18)13(19)16-12-7-10(3)21-17-12/h7,9,11H,4-6,8H2,1-3H3,(H,15,20)(H,16,17,19). The lowest BCUT2D eigenvalue weighted by molar-refractivity contribution is -0.119. The summed E-state index contributed by atoms with van der Waals surface area (Å²) in [6.45, 7) is 7.01. The van der Waals surface area contributed by atoms with Crippen LogP contribution < -0.4 is 10.6 Å². The Kier molecular flexibility index (Phi) is 4.82. The molecule has 1 aromatic rings. The van der Waals surface area contributed by atoms with Crippen molar-refractivity contribution in [1.82, 2.24) is 15.4 Å². The first kappa shape index (κ1) is 15.3. The van der Waals surface area contributed by atoms with Crippen molar-refractivity contribution in [3.8, 4) is 0 Å². The Bertz CT molecular complexity index is 512. The molecule has 1 fully saturated rings. The van der Waals surface area contributed by atoms with Crippen molar-refractivity contribution in [2.75, 3.05) is 18.4 Å². The maximum atomic E-state index is 12.3. The van der Waals surface area contributed by atoms with E-state index in [0.29, 0.717) is 37.0 Å². The van der Waals surface area contributed by atoms with Gasteiger partial charge in [-0.3, -0.25) is 4.79 Å². The van der Waals surface area contributed by atoms with Gasteiger partial charge in [0.05, 0.1) is 0 Å². The molecule has 2 heterocycles. The zero-order valence-electron chi connectivity index (χ0n) is 12.7. The summed E-state index contributed by atoms with van der Waals surface area (Å²) in [4.78, 5) is 26.0. The Morgan fingerprint density at radius 3 is 2.90 bits per heavy atom. The molecule has 2 N–H and O–H groups in total. The molecular weight excluding hydrogens is 272 g/mol. The number of nitrogens with one attached hydrogen (secondary N) is 2. The zero-order valence-corrected chi connectivity index (χ0v) is 12.7. The van der Waals surface area contributed by atoms with E-state index < -0.39 is 6.04 Å². The van der Waals surface area contributed by atoms with Crippen LogP contribution in [0.3, 0.4) is 0 Å². The molecule has 1 unspecified atom stereocenters. The average Bonchev–Trinajstić information content (AvgIpc) is 3.04. The highest BCUT2D eigenvalue weighted by Crippen LogP contribution is 2.19. The fourth-order valence-corrected chi connectivity index (χ4v) is 2.31. The minimum absolute atomic E-state index is 0.183. The van der Waals surface area contributed by atoms with E-state index in [9.17, 15) is 9.59 Å². The van der Waals surface area contributed by atoms with Gasteiger partial charge in [-0.25, -0.2) is 4.79 Å². The van der Waals surface area contributed by atoms with E-state index in [1.807, 2.05) is 13.8 Å². The molecule has 0 bridgehead atoms. The monoisotopic (exact) mass is 294 g/mol. The zero-order chi connectivity index (χ0) is 15.4. The third-order valence-corrected chi connectivity index (χ3v) is 3.36. The minimum atomic E-state index is -0.450. The number of anilines is 1. The van der Waals surface area contributed by atoms with Crippen LogP contribution in [0.4, 0.5) is 10.6 Å². The maximum Gasteiger partial charge on any atom is 0.318 e. The summed E-state index contributed by atoms with van der Waals surface area (Å²) < 4.78 is 4.91. The van der Waals surface area contributed by atoms with Crippen LogP contribution in [0, 0.1) is 12.8 Å². The van der Waals surface area contributed by atoms with Crippen LogP contribution in [0.1, 0.15) is 32.4 Å². The molecule has 0 aliphatic carbocycles. The first-order valence-corrected chi connectivity index (χ1v) is 7.26. The molecule has 1 atom stereocenters. The van der Waals surface area contributed by atoms with E-state index in [2.05, 4.69) is 15.8 Å². The van der Waals surface area contributed by atoms with Crippen molar-refractivity contribution >= 4 is 17.8 Å². The van der Waals surface area contributed by atoms with Crippen LogP contribution in [-0.2, 0) is 4.79 Å². The number of aryl methyl sites for hydroxylation is 1. The number of likely N-dealkylation sites (tertiary alicyclic amines) is 1. The topological polar surface area (TPSA) is 87.5 Å². The van der Waals surface area contributed by atoms with Gasteiger partial charge in [0.2, 0.25) is 5.91 Å². The van der Waals surface area contributed by atoms with Gasteiger partial charge >= 0.3 is 6.03 Å². The van der Waals surface area contributed by atoms with Crippen LogP contribution in [0.5, 0.6) is 0 Å².